The fourth-order valence-corrected chi connectivity index (χ4v) is 3.13. The maximum atomic E-state index is 12.3. The molecule has 2 heterocycles. The lowest BCUT2D eigenvalue weighted by molar-refractivity contribution is -0.130. The Balaban J connectivity index is 1.41. The van der Waals surface area contributed by atoms with E-state index in [1.807, 2.05) is 35.2 Å². The van der Waals surface area contributed by atoms with Crippen LogP contribution in [0.1, 0.15) is 24.8 Å². The van der Waals surface area contributed by atoms with Gasteiger partial charge in [0.1, 0.15) is 6.10 Å². The lowest BCUT2D eigenvalue weighted by atomic mass is 10.1. The Morgan fingerprint density at radius 2 is 2.08 bits per heavy atom. The van der Waals surface area contributed by atoms with Crippen molar-refractivity contribution in [1.29, 1.82) is 0 Å². The number of rotatable bonds is 6. The van der Waals surface area contributed by atoms with E-state index in [4.69, 9.17) is 4.74 Å². The molecule has 2 aromatic rings. The van der Waals surface area contributed by atoms with Crippen molar-refractivity contribution in [1.82, 2.24) is 9.88 Å². The van der Waals surface area contributed by atoms with Gasteiger partial charge >= 0.3 is 0 Å². The Bertz CT molecular complexity index is 661. The zero-order valence-corrected chi connectivity index (χ0v) is 15.1. The monoisotopic (exact) mass is 388 g/mol. The van der Waals surface area contributed by atoms with Gasteiger partial charge in [-0.3, -0.25) is 4.79 Å². The summed E-state index contributed by atoms with van der Waals surface area (Å²) in [6, 6.07) is 14.0. The first-order chi connectivity index (χ1) is 11.7. The maximum absolute atomic E-state index is 12.3. The average molecular weight is 389 g/mol. The molecule has 1 amide bonds. The minimum absolute atomic E-state index is 0.0387. The molecule has 0 radical (unpaired) electrons. The fourth-order valence-electron chi connectivity index (χ4n) is 2.90. The van der Waals surface area contributed by atoms with Crippen molar-refractivity contribution in [2.24, 2.45) is 0 Å². The summed E-state index contributed by atoms with van der Waals surface area (Å²) in [7, 11) is 0. The second-order valence-electron chi connectivity index (χ2n) is 6.02. The number of nitrogens with zero attached hydrogens (tertiary/aromatic N) is 2. The molecule has 1 aliphatic rings. The van der Waals surface area contributed by atoms with E-state index in [1.165, 1.54) is 5.56 Å². The quantitative estimate of drug-likeness (QED) is 0.754. The molecule has 0 N–H and O–H groups in total. The summed E-state index contributed by atoms with van der Waals surface area (Å²) in [4.78, 5) is 18.5. The number of aryl methyl sites for hydroxylation is 1. The van der Waals surface area contributed by atoms with Crippen LogP contribution in [0.5, 0.6) is 5.88 Å². The zero-order chi connectivity index (χ0) is 16.8. The van der Waals surface area contributed by atoms with Gasteiger partial charge in [0.25, 0.3) is 0 Å². The molecule has 4 nitrogen and oxygen atoms in total. The number of halogens is 1. The molecule has 1 unspecified atom stereocenters. The lowest BCUT2D eigenvalue weighted by Gasteiger charge is -2.17. The molecular formula is C19H21BrN2O2. The van der Waals surface area contributed by atoms with Gasteiger partial charge in [-0.1, -0.05) is 30.3 Å². The molecule has 0 saturated carbocycles. The van der Waals surface area contributed by atoms with Gasteiger partial charge < -0.3 is 9.64 Å². The minimum atomic E-state index is 0.0387. The van der Waals surface area contributed by atoms with Gasteiger partial charge in [0.15, 0.2) is 0 Å². The van der Waals surface area contributed by atoms with Gasteiger partial charge in [-0.05, 0) is 40.4 Å². The van der Waals surface area contributed by atoms with E-state index in [-0.39, 0.29) is 12.0 Å². The summed E-state index contributed by atoms with van der Waals surface area (Å²) in [5.41, 5.74) is 1.29. The number of benzene rings is 1. The Labute approximate surface area is 151 Å². The van der Waals surface area contributed by atoms with Crippen LogP contribution in [0.15, 0.2) is 53.1 Å². The standard InChI is InChI=1S/C19H21BrN2O2/c20-16-9-10-18(21-13-16)24-17-11-12-22(14-17)19(23)8-4-7-15-5-2-1-3-6-15/h1-3,5-6,9-10,13,17H,4,7-8,11-12,14H2. The summed E-state index contributed by atoms with van der Waals surface area (Å²) in [5.74, 6) is 0.836. The largest absolute Gasteiger partial charge is 0.472 e. The molecule has 1 aromatic carbocycles. The number of ether oxygens (including phenoxy) is 1. The maximum Gasteiger partial charge on any atom is 0.222 e. The molecule has 1 saturated heterocycles. The first-order valence-electron chi connectivity index (χ1n) is 8.30. The summed E-state index contributed by atoms with van der Waals surface area (Å²) < 4.78 is 6.79. The van der Waals surface area contributed by atoms with E-state index < -0.39 is 0 Å². The molecule has 1 aromatic heterocycles. The smallest absolute Gasteiger partial charge is 0.222 e. The molecular weight excluding hydrogens is 368 g/mol. The Hall–Kier alpha value is -1.88. The SMILES string of the molecule is O=C(CCCc1ccccc1)N1CCC(Oc2ccc(Br)cn2)C1. The van der Waals surface area contributed by atoms with Crippen LogP contribution in [0, 0.1) is 0 Å². The van der Waals surface area contributed by atoms with Crippen LogP contribution in [0.2, 0.25) is 0 Å². The first-order valence-corrected chi connectivity index (χ1v) is 9.10. The van der Waals surface area contributed by atoms with Crippen molar-refractivity contribution in [3.8, 4) is 5.88 Å². The van der Waals surface area contributed by atoms with Crippen molar-refractivity contribution in [3.63, 3.8) is 0 Å². The van der Waals surface area contributed by atoms with Crippen LogP contribution in [-0.2, 0) is 11.2 Å². The third-order valence-electron chi connectivity index (χ3n) is 4.18. The molecule has 3 rings (SSSR count). The highest BCUT2D eigenvalue weighted by Gasteiger charge is 2.27. The predicted molar refractivity (Wildman–Crippen MR) is 96.9 cm³/mol. The highest BCUT2D eigenvalue weighted by molar-refractivity contribution is 9.10. The van der Waals surface area contributed by atoms with Gasteiger partial charge in [0, 0.05) is 36.1 Å². The Morgan fingerprint density at radius 1 is 1.25 bits per heavy atom. The molecule has 0 spiro atoms. The first kappa shape index (κ1) is 17.0. The zero-order valence-electron chi connectivity index (χ0n) is 13.5. The number of likely N-dealkylation sites (tertiary alicyclic amines) is 1. The average Bonchev–Trinajstić information content (AvgIpc) is 3.06. The van der Waals surface area contributed by atoms with Crippen LogP contribution in [0.4, 0.5) is 0 Å². The normalized spacial score (nSPS) is 17.0. The number of pyridine rings is 1. The van der Waals surface area contributed by atoms with Crippen LogP contribution >= 0.6 is 15.9 Å². The van der Waals surface area contributed by atoms with Gasteiger partial charge in [0.05, 0.1) is 6.54 Å². The van der Waals surface area contributed by atoms with Crippen LogP contribution in [0.3, 0.4) is 0 Å². The van der Waals surface area contributed by atoms with Crippen molar-refractivity contribution < 1.29 is 9.53 Å². The fraction of sp³-hybridized carbons (Fsp3) is 0.368. The minimum Gasteiger partial charge on any atom is -0.472 e. The highest BCUT2D eigenvalue weighted by atomic mass is 79.9. The molecule has 126 valence electrons. The van der Waals surface area contributed by atoms with Crippen LogP contribution < -0.4 is 4.74 Å². The number of hydrogen-bond donors (Lipinski definition) is 0. The number of carbonyl (C=O) groups excluding carboxylic acids is 1. The van der Waals surface area contributed by atoms with Gasteiger partial charge in [-0.2, -0.15) is 0 Å². The van der Waals surface area contributed by atoms with Crippen molar-refractivity contribution in [2.45, 2.75) is 31.8 Å². The molecule has 1 aliphatic heterocycles. The summed E-state index contributed by atoms with van der Waals surface area (Å²) in [6.45, 7) is 1.42. The molecule has 5 heteroatoms. The number of hydrogen-bond acceptors (Lipinski definition) is 3. The van der Waals surface area contributed by atoms with E-state index in [1.54, 1.807) is 6.20 Å². The summed E-state index contributed by atoms with van der Waals surface area (Å²) in [6.07, 6.45) is 5.05. The van der Waals surface area contributed by atoms with E-state index in [2.05, 4.69) is 33.0 Å². The third-order valence-corrected chi connectivity index (χ3v) is 4.65. The highest BCUT2D eigenvalue weighted by Crippen LogP contribution is 2.19. The third kappa shape index (κ3) is 4.81. The van der Waals surface area contributed by atoms with E-state index in [0.29, 0.717) is 18.8 Å². The van der Waals surface area contributed by atoms with Crippen LogP contribution in [0.25, 0.3) is 0 Å². The van der Waals surface area contributed by atoms with Gasteiger partial charge in [-0.25, -0.2) is 4.98 Å². The molecule has 1 fully saturated rings. The second kappa shape index (κ2) is 8.29. The Kier molecular flexibility index (Phi) is 5.86. The number of carbonyl (C=O) groups is 1. The van der Waals surface area contributed by atoms with Crippen LogP contribution in [-0.4, -0.2) is 35.0 Å². The van der Waals surface area contributed by atoms with E-state index in [0.717, 1.165) is 30.3 Å². The van der Waals surface area contributed by atoms with Crippen molar-refractivity contribution >= 4 is 21.8 Å². The number of aromatic nitrogens is 1. The van der Waals surface area contributed by atoms with E-state index >= 15 is 0 Å². The van der Waals surface area contributed by atoms with Gasteiger partial charge in [-0.15, -0.1) is 0 Å². The molecule has 0 aliphatic carbocycles. The topological polar surface area (TPSA) is 42.4 Å². The molecule has 1 atom stereocenters. The summed E-state index contributed by atoms with van der Waals surface area (Å²) in [5, 5.41) is 0. The Morgan fingerprint density at radius 3 is 2.83 bits per heavy atom. The van der Waals surface area contributed by atoms with Crippen molar-refractivity contribution in [2.75, 3.05) is 13.1 Å². The predicted octanol–water partition coefficient (Wildman–Crippen LogP) is 3.85. The van der Waals surface area contributed by atoms with Gasteiger partial charge in [0.2, 0.25) is 11.8 Å². The molecule has 24 heavy (non-hydrogen) atoms. The summed E-state index contributed by atoms with van der Waals surface area (Å²) >= 11 is 3.36. The second-order valence-corrected chi connectivity index (χ2v) is 6.94. The lowest BCUT2D eigenvalue weighted by Crippen LogP contribution is -2.30. The van der Waals surface area contributed by atoms with E-state index in [9.17, 15) is 4.79 Å². The number of amides is 1. The molecule has 0 bridgehead atoms. The van der Waals surface area contributed by atoms with Crippen molar-refractivity contribution in [3.05, 3.63) is 58.7 Å².